The molecule has 0 spiro atoms. The van der Waals surface area contributed by atoms with Crippen molar-refractivity contribution in [2.24, 2.45) is 4.99 Å². The summed E-state index contributed by atoms with van der Waals surface area (Å²) in [5, 5.41) is 17.0. The quantitative estimate of drug-likeness (QED) is 0.359. The summed E-state index contributed by atoms with van der Waals surface area (Å²) in [6.07, 6.45) is -0.0809. The van der Waals surface area contributed by atoms with E-state index in [0.717, 1.165) is 10.6 Å². The Labute approximate surface area is 216 Å². The lowest BCUT2D eigenvalue weighted by atomic mass is 10.0. The zero-order valence-electron chi connectivity index (χ0n) is 20.2. The van der Waals surface area contributed by atoms with Gasteiger partial charge in [-0.3, -0.25) is 14.6 Å². The molecule has 2 aromatic carbocycles. The van der Waals surface area contributed by atoms with Gasteiger partial charge in [-0.2, -0.15) is 8.78 Å². The molecular formula is C26H24F2N6O4. The standard InChI is InChI=1S/C26H24F2N6O4/c1-29-16-7-6-8-17(13-16)31-25(38)33-23-24(37)34(14-21(36)26(27,28)15-35)20-11-3-2-9-18(20)22(32-23)19-10-4-5-12-30-19/h2-13,23,29,35H,14-15H2,1H3,(H2,31,33,38)/t23-/m0/s1. The molecule has 10 nitrogen and oxygen atoms in total. The fraction of sp³-hybridized carbons (Fsp3) is 0.192. The normalized spacial score (nSPS) is 15.2. The van der Waals surface area contributed by atoms with Gasteiger partial charge in [0.2, 0.25) is 11.9 Å². The molecule has 12 heteroatoms. The number of Topliss-reactive ketones (excluding diaryl/α,β-unsaturated/α-hetero) is 1. The number of fused-ring (bicyclic) bond motifs is 1. The van der Waals surface area contributed by atoms with Gasteiger partial charge in [-0.25, -0.2) is 9.79 Å². The second kappa shape index (κ2) is 11.1. The number of benzene rings is 2. The molecule has 3 amide bonds. The SMILES string of the molecule is CNc1cccc(NC(=O)N[C@@H]2N=C(c3ccccn3)c3ccccc3N(CC(=O)C(F)(F)CO)C2=O)c1. The zero-order valence-corrected chi connectivity index (χ0v) is 20.2. The van der Waals surface area contributed by atoms with Crippen LogP contribution in [0, 0.1) is 0 Å². The van der Waals surface area contributed by atoms with E-state index < -0.39 is 43.0 Å². The number of pyridine rings is 1. The number of hydrogen-bond donors (Lipinski definition) is 4. The van der Waals surface area contributed by atoms with E-state index in [9.17, 15) is 23.2 Å². The number of aliphatic hydroxyl groups excluding tert-OH is 1. The number of urea groups is 1. The Morgan fingerprint density at radius 3 is 2.50 bits per heavy atom. The highest BCUT2D eigenvalue weighted by Crippen LogP contribution is 2.29. The number of amides is 3. The highest BCUT2D eigenvalue weighted by atomic mass is 19.3. The topological polar surface area (TPSA) is 136 Å². The first-order chi connectivity index (χ1) is 18.2. The third-order valence-corrected chi connectivity index (χ3v) is 5.70. The first-order valence-corrected chi connectivity index (χ1v) is 11.5. The number of carbonyl (C=O) groups excluding carboxylic acids is 3. The molecule has 4 rings (SSSR count). The molecule has 1 aliphatic rings. The smallest absolute Gasteiger partial charge is 0.329 e. The van der Waals surface area contributed by atoms with Crippen molar-refractivity contribution in [3.63, 3.8) is 0 Å². The molecule has 0 bridgehead atoms. The van der Waals surface area contributed by atoms with Crippen molar-refractivity contribution >= 4 is 40.5 Å². The van der Waals surface area contributed by atoms with Crippen LogP contribution in [0.5, 0.6) is 0 Å². The van der Waals surface area contributed by atoms with E-state index in [0.29, 0.717) is 16.9 Å². The maximum absolute atomic E-state index is 14.0. The molecule has 0 radical (unpaired) electrons. The molecule has 196 valence electrons. The number of aliphatic hydroxyl groups is 1. The molecule has 1 aliphatic heterocycles. The van der Waals surface area contributed by atoms with Crippen molar-refractivity contribution in [2.75, 3.05) is 35.7 Å². The summed E-state index contributed by atoms with van der Waals surface area (Å²) in [4.78, 5) is 48.4. The van der Waals surface area contributed by atoms with Gasteiger partial charge in [0.25, 0.3) is 5.91 Å². The van der Waals surface area contributed by atoms with Gasteiger partial charge in [0.05, 0.1) is 23.6 Å². The molecular weight excluding hydrogens is 498 g/mol. The van der Waals surface area contributed by atoms with Crippen molar-refractivity contribution in [3.05, 3.63) is 84.2 Å². The number of alkyl halides is 2. The van der Waals surface area contributed by atoms with E-state index in [4.69, 9.17) is 5.11 Å². The Kier molecular flexibility index (Phi) is 7.72. The molecule has 0 saturated carbocycles. The minimum Gasteiger partial charge on any atom is -0.390 e. The molecule has 4 N–H and O–H groups in total. The number of nitrogens with one attached hydrogen (secondary N) is 3. The molecule has 1 aromatic heterocycles. The lowest BCUT2D eigenvalue weighted by Crippen LogP contribution is -2.51. The maximum Gasteiger partial charge on any atom is 0.329 e. The average Bonchev–Trinajstić information content (AvgIpc) is 3.04. The number of aliphatic imine (C=N–C) groups is 1. The summed E-state index contributed by atoms with van der Waals surface area (Å²) in [7, 11) is 1.71. The van der Waals surface area contributed by atoms with Crippen molar-refractivity contribution in [1.29, 1.82) is 0 Å². The number of ketones is 1. The van der Waals surface area contributed by atoms with E-state index in [1.807, 2.05) is 0 Å². The van der Waals surface area contributed by atoms with Crippen molar-refractivity contribution in [2.45, 2.75) is 12.1 Å². The van der Waals surface area contributed by atoms with Crippen LogP contribution >= 0.6 is 0 Å². The minimum atomic E-state index is -4.06. The van der Waals surface area contributed by atoms with Crippen molar-refractivity contribution in [3.8, 4) is 0 Å². The van der Waals surface area contributed by atoms with Crippen LogP contribution in [0.1, 0.15) is 11.3 Å². The van der Waals surface area contributed by atoms with Crippen LogP contribution in [-0.4, -0.2) is 65.8 Å². The van der Waals surface area contributed by atoms with Crippen LogP contribution in [-0.2, 0) is 9.59 Å². The van der Waals surface area contributed by atoms with Gasteiger partial charge in [0.15, 0.2) is 0 Å². The number of hydrogen-bond acceptors (Lipinski definition) is 7. The second-order valence-corrected chi connectivity index (χ2v) is 8.25. The van der Waals surface area contributed by atoms with Crippen molar-refractivity contribution < 1.29 is 28.3 Å². The van der Waals surface area contributed by atoms with Crippen LogP contribution in [0.3, 0.4) is 0 Å². The lowest BCUT2D eigenvalue weighted by molar-refractivity contribution is -0.147. The Balaban J connectivity index is 1.74. The predicted molar refractivity (Wildman–Crippen MR) is 138 cm³/mol. The summed E-state index contributed by atoms with van der Waals surface area (Å²) in [5.41, 5.74) is 2.17. The molecule has 0 unspecified atom stereocenters. The van der Waals surface area contributed by atoms with E-state index in [1.165, 1.54) is 12.3 Å². The van der Waals surface area contributed by atoms with Crippen LogP contribution in [0.4, 0.5) is 30.6 Å². The summed E-state index contributed by atoms with van der Waals surface area (Å²) in [6.45, 7) is -2.76. The fourth-order valence-electron chi connectivity index (χ4n) is 3.78. The summed E-state index contributed by atoms with van der Waals surface area (Å²) in [6, 6.07) is 17.3. The summed E-state index contributed by atoms with van der Waals surface area (Å²) < 4.78 is 28.0. The Morgan fingerprint density at radius 2 is 1.79 bits per heavy atom. The zero-order chi connectivity index (χ0) is 27.3. The molecule has 0 saturated heterocycles. The van der Waals surface area contributed by atoms with Gasteiger partial charge < -0.3 is 26.0 Å². The molecule has 3 aromatic rings. The van der Waals surface area contributed by atoms with Crippen LogP contribution in [0.15, 0.2) is 77.9 Å². The second-order valence-electron chi connectivity index (χ2n) is 8.25. The first-order valence-electron chi connectivity index (χ1n) is 11.5. The Morgan fingerprint density at radius 1 is 1.05 bits per heavy atom. The van der Waals surface area contributed by atoms with E-state index in [2.05, 4.69) is 25.9 Å². The highest BCUT2D eigenvalue weighted by molar-refractivity contribution is 6.20. The van der Waals surface area contributed by atoms with Gasteiger partial charge in [-0.1, -0.05) is 30.3 Å². The molecule has 0 fully saturated rings. The number of aromatic nitrogens is 1. The number of para-hydroxylation sites is 1. The maximum atomic E-state index is 14.0. The van der Waals surface area contributed by atoms with Gasteiger partial charge in [0, 0.05) is 30.2 Å². The number of carbonyl (C=O) groups is 3. The Hall–Kier alpha value is -4.71. The third kappa shape index (κ3) is 5.65. The minimum absolute atomic E-state index is 0.121. The molecule has 2 heterocycles. The number of anilines is 3. The monoisotopic (exact) mass is 522 g/mol. The molecule has 38 heavy (non-hydrogen) atoms. The van der Waals surface area contributed by atoms with Crippen molar-refractivity contribution in [1.82, 2.24) is 10.3 Å². The van der Waals surface area contributed by atoms with Crippen LogP contribution in [0.25, 0.3) is 0 Å². The number of rotatable bonds is 8. The predicted octanol–water partition coefficient (Wildman–Crippen LogP) is 2.65. The highest BCUT2D eigenvalue weighted by Gasteiger charge is 2.42. The number of benzodiazepines with no additional fused rings is 1. The van der Waals surface area contributed by atoms with Gasteiger partial charge in [-0.15, -0.1) is 0 Å². The van der Waals surface area contributed by atoms with Crippen LogP contribution in [0.2, 0.25) is 0 Å². The summed E-state index contributed by atoms with van der Waals surface area (Å²) >= 11 is 0. The lowest BCUT2D eigenvalue weighted by Gasteiger charge is -2.26. The van der Waals surface area contributed by atoms with E-state index in [1.54, 1.807) is 67.7 Å². The van der Waals surface area contributed by atoms with Gasteiger partial charge in [-0.05, 0) is 36.4 Å². The Bertz CT molecular complexity index is 1380. The van der Waals surface area contributed by atoms with Gasteiger partial charge in [0.1, 0.15) is 6.61 Å². The first kappa shape index (κ1) is 26.4. The largest absolute Gasteiger partial charge is 0.390 e. The fourth-order valence-corrected chi connectivity index (χ4v) is 3.78. The molecule has 0 aliphatic carbocycles. The van der Waals surface area contributed by atoms with E-state index in [-0.39, 0.29) is 11.4 Å². The average molecular weight is 523 g/mol. The summed E-state index contributed by atoms with van der Waals surface area (Å²) in [5.74, 6) is -6.66. The van der Waals surface area contributed by atoms with Gasteiger partial charge >= 0.3 is 12.0 Å². The number of halogens is 2. The van der Waals surface area contributed by atoms with Crippen LogP contribution < -0.4 is 20.9 Å². The molecule has 1 atom stereocenters. The third-order valence-electron chi connectivity index (χ3n) is 5.70. The van der Waals surface area contributed by atoms with E-state index >= 15 is 0 Å². The number of nitrogens with zero attached hydrogens (tertiary/aromatic N) is 3.